The van der Waals surface area contributed by atoms with Crippen LogP contribution in [0.25, 0.3) is 0 Å². The summed E-state index contributed by atoms with van der Waals surface area (Å²) in [7, 11) is 0. The average Bonchev–Trinajstić information content (AvgIpc) is 2.17. The average molecular weight is 223 g/mol. The molecule has 0 saturated carbocycles. The Morgan fingerprint density at radius 1 is 1.50 bits per heavy atom. The van der Waals surface area contributed by atoms with E-state index in [0.717, 1.165) is 6.07 Å². The quantitative estimate of drug-likeness (QED) is 0.483. The highest BCUT2D eigenvalue weighted by molar-refractivity contribution is 5.98. The molecule has 0 aromatic heterocycles. The van der Waals surface area contributed by atoms with Gasteiger partial charge in [0, 0.05) is 18.1 Å². The molecule has 5 heteroatoms. The van der Waals surface area contributed by atoms with E-state index in [1.54, 1.807) is 6.92 Å². The normalized spacial score (nSPS) is 10.1. The van der Waals surface area contributed by atoms with Gasteiger partial charge in [0.1, 0.15) is 0 Å². The number of nitrogens with zero attached hydrogens (tertiary/aromatic N) is 1. The lowest BCUT2D eigenvalue weighted by Gasteiger charge is -2.05. The van der Waals surface area contributed by atoms with Gasteiger partial charge in [0.25, 0.3) is 0 Å². The molecule has 0 aliphatic heterocycles. The van der Waals surface area contributed by atoms with Crippen molar-refractivity contribution in [3.05, 3.63) is 33.4 Å². The first kappa shape index (κ1) is 12.2. The number of aromatic hydroxyl groups is 1. The molecule has 0 aliphatic rings. The maximum Gasteiger partial charge on any atom is 0.311 e. The van der Waals surface area contributed by atoms with Gasteiger partial charge < -0.3 is 5.11 Å². The topological polar surface area (TPSA) is 80.4 Å². The number of carbonyl (C=O) groups excluding carboxylic acids is 1. The maximum atomic E-state index is 11.6. The Labute approximate surface area is 92.9 Å². The van der Waals surface area contributed by atoms with Crippen molar-refractivity contribution in [2.45, 2.75) is 26.7 Å². The van der Waals surface area contributed by atoms with Gasteiger partial charge in [-0.25, -0.2) is 0 Å². The van der Waals surface area contributed by atoms with Gasteiger partial charge in [-0.05, 0) is 25.0 Å². The van der Waals surface area contributed by atoms with Crippen molar-refractivity contribution >= 4 is 11.5 Å². The van der Waals surface area contributed by atoms with Crippen LogP contribution in [0.3, 0.4) is 0 Å². The number of phenolic OH excluding ortho intramolecular Hbond substituents is 1. The number of hydrogen-bond acceptors (Lipinski definition) is 4. The zero-order valence-corrected chi connectivity index (χ0v) is 9.19. The molecule has 0 aliphatic carbocycles. The summed E-state index contributed by atoms with van der Waals surface area (Å²) in [5, 5.41) is 19.9. The molecule has 16 heavy (non-hydrogen) atoms. The molecule has 1 N–H and O–H groups in total. The van der Waals surface area contributed by atoms with Crippen LogP contribution in [-0.2, 0) is 0 Å². The Balaban J connectivity index is 3.24. The molecule has 0 heterocycles. The summed E-state index contributed by atoms with van der Waals surface area (Å²) < 4.78 is 0. The summed E-state index contributed by atoms with van der Waals surface area (Å²) >= 11 is 0. The second-order valence-electron chi connectivity index (χ2n) is 3.59. The predicted molar refractivity (Wildman–Crippen MR) is 58.7 cm³/mol. The van der Waals surface area contributed by atoms with Crippen LogP contribution in [0.2, 0.25) is 0 Å². The van der Waals surface area contributed by atoms with Crippen LogP contribution in [-0.4, -0.2) is 15.8 Å². The minimum Gasteiger partial charge on any atom is -0.502 e. The number of benzene rings is 1. The van der Waals surface area contributed by atoms with Gasteiger partial charge in [-0.3, -0.25) is 14.9 Å². The van der Waals surface area contributed by atoms with Crippen molar-refractivity contribution in [1.29, 1.82) is 0 Å². The molecule has 0 atom stereocenters. The van der Waals surface area contributed by atoms with Gasteiger partial charge in [0.15, 0.2) is 11.5 Å². The number of hydrogen-bond donors (Lipinski definition) is 1. The summed E-state index contributed by atoms with van der Waals surface area (Å²) in [5.41, 5.74) is 0.443. The third-order valence-corrected chi connectivity index (χ3v) is 2.30. The van der Waals surface area contributed by atoms with Crippen LogP contribution < -0.4 is 0 Å². The Kier molecular flexibility index (Phi) is 3.60. The number of Topliss-reactive ketones (excluding diaryl/α,β-unsaturated/α-hetero) is 1. The van der Waals surface area contributed by atoms with Gasteiger partial charge in [-0.2, -0.15) is 0 Å². The number of carbonyl (C=O) groups is 1. The Morgan fingerprint density at radius 2 is 2.12 bits per heavy atom. The van der Waals surface area contributed by atoms with Crippen molar-refractivity contribution in [2.75, 3.05) is 0 Å². The van der Waals surface area contributed by atoms with Gasteiger partial charge in [-0.1, -0.05) is 6.92 Å². The van der Waals surface area contributed by atoms with E-state index in [2.05, 4.69) is 0 Å². The zero-order valence-electron chi connectivity index (χ0n) is 9.19. The maximum absolute atomic E-state index is 11.6. The van der Waals surface area contributed by atoms with Gasteiger partial charge in [0.2, 0.25) is 0 Å². The number of ketones is 1. The van der Waals surface area contributed by atoms with Gasteiger partial charge in [0.05, 0.1) is 4.92 Å². The van der Waals surface area contributed by atoms with Crippen LogP contribution in [0.4, 0.5) is 5.69 Å². The van der Waals surface area contributed by atoms with Crippen LogP contribution in [0, 0.1) is 17.0 Å². The molecule has 0 bridgehead atoms. The molecule has 0 unspecified atom stereocenters. The summed E-state index contributed by atoms with van der Waals surface area (Å²) in [6, 6.07) is 2.39. The highest BCUT2D eigenvalue weighted by atomic mass is 16.6. The third-order valence-electron chi connectivity index (χ3n) is 2.30. The minimum atomic E-state index is -0.697. The molecule has 1 aromatic rings. The number of aryl methyl sites for hydroxylation is 1. The van der Waals surface area contributed by atoms with E-state index in [4.69, 9.17) is 0 Å². The molecule has 0 radical (unpaired) electrons. The lowest BCUT2D eigenvalue weighted by molar-refractivity contribution is -0.385. The van der Waals surface area contributed by atoms with E-state index in [-0.39, 0.29) is 5.78 Å². The molecular formula is C11H13NO4. The summed E-state index contributed by atoms with van der Waals surface area (Å²) in [6.45, 7) is 3.51. The van der Waals surface area contributed by atoms with E-state index < -0.39 is 16.4 Å². The standard InChI is InChI=1S/C11H13NO4/c1-3-4-10(13)8-6-9(12(15)16)11(14)5-7(8)2/h5-6,14H,3-4H2,1-2H3. The minimum absolute atomic E-state index is 0.136. The van der Waals surface area contributed by atoms with E-state index in [1.807, 2.05) is 6.92 Å². The second kappa shape index (κ2) is 4.74. The fourth-order valence-corrected chi connectivity index (χ4v) is 1.49. The number of nitro groups is 1. The Hall–Kier alpha value is -1.91. The number of phenols is 1. The van der Waals surface area contributed by atoms with E-state index in [1.165, 1.54) is 6.07 Å². The first-order valence-electron chi connectivity index (χ1n) is 4.98. The lowest BCUT2D eigenvalue weighted by atomic mass is 10.0. The van der Waals surface area contributed by atoms with Crippen molar-refractivity contribution in [3.63, 3.8) is 0 Å². The van der Waals surface area contributed by atoms with Crippen LogP contribution >= 0.6 is 0 Å². The largest absolute Gasteiger partial charge is 0.502 e. The molecule has 0 fully saturated rings. The van der Waals surface area contributed by atoms with Gasteiger partial charge in [-0.15, -0.1) is 0 Å². The summed E-state index contributed by atoms with van der Waals surface area (Å²) in [4.78, 5) is 21.6. The van der Waals surface area contributed by atoms with Crippen molar-refractivity contribution in [2.24, 2.45) is 0 Å². The lowest BCUT2D eigenvalue weighted by Crippen LogP contribution is -2.02. The SMILES string of the molecule is CCCC(=O)c1cc([N+](=O)[O-])c(O)cc1C. The zero-order chi connectivity index (χ0) is 12.3. The Morgan fingerprint density at radius 3 is 2.62 bits per heavy atom. The highest BCUT2D eigenvalue weighted by Crippen LogP contribution is 2.29. The van der Waals surface area contributed by atoms with E-state index >= 15 is 0 Å². The van der Waals surface area contributed by atoms with Crippen molar-refractivity contribution in [3.8, 4) is 5.75 Å². The molecule has 0 saturated heterocycles. The van der Waals surface area contributed by atoms with E-state index in [9.17, 15) is 20.0 Å². The highest BCUT2D eigenvalue weighted by Gasteiger charge is 2.19. The fourth-order valence-electron chi connectivity index (χ4n) is 1.49. The predicted octanol–water partition coefficient (Wildman–Crippen LogP) is 2.59. The van der Waals surface area contributed by atoms with Crippen LogP contribution in [0.15, 0.2) is 12.1 Å². The Bertz CT molecular complexity index is 440. The van der Waals surface area contributed by atoms with Crippen molar-refractivity contribution < 1.29 is 14.8 Å². The van der Waals surface area contributed by atoms with Gasteiger partial charge >= 0.3 is 5.69 Å². The van der Waals surface area contributed by atoms with Crippen LogP contribution in [0.5, 0.6) is 5.75 Å². The molecule has 86 valence electrons. The third kappa shape index (κ3) is 2.36. The summed E-state index contributed by atoms with van der Waals surface area (Å²) in [6.07, 6.45) is 1.04. The second-order valence-corrected chi connectivity index (χ2v) is 3.59. The molecule has 0 amide bonds. The fraction of sp³-hybridized carbons (Fsp3) is 0.364. The molecule has 1 aromatic carbocycles. The van der Waals surface area contributed by atoms with E-state index in [0.29, 0.717) is 24.0 Å². The molecule has 1 rings (SSSR count). The first-order chi connectivity index (χ1) is 7.47. The first-order valence-corrected chi connectivity index (χ1v) is 4.98. The smallest absolute Gasteiger partial charge is 0.311 e. The number of nitro benzene ring substituents is 1. The van der Waals surface area contributed by atoms with Crippen LogP contribution in [0.1, 0.15) is 35.7 Å². The monoisotopic (exact) mass is 223 g/mol. The molecule has 0 spiro atoms. The molecule has 5 nitrogen and oxygen atoms in total. The molecular weight excluding hydrogens is 210 g/mol. The van der Waals surface area contributed by atoms with Crippen molar-refractivity contribution in [1.82, 2.24) is 0 Å². The number of rotatable bonds is 4. The summed E-state index contributed by atoms with van der Waals surface area (Å²) in [5.74, 6) is -0.543.